The van der Waals surface area contributed by atoms with Gasteiger partial charge in [-0.2, -0.15) is 0 Å². The smallest absolute Gasteiger partial charge is 0.142 e. The van der Waals surface area contributed by atoms with Crippen LogP contribution in [-0.4, -0.2) is 5.11 Å². The molecule has 0 amide bonds. The predicted octanol–water partition coefficient (Wildman–Crippen LogP) is 4.60. The molecule has 1 aliphatic carbocycles. The van der Waals surface area contributed by atoms with Gasteiger partial charge in [-0.15, -0.1) is 12.4 Å². The topological polar surface area (TPSA) is 46.2 Å². The molecular formula is C13H18ClI2NO. The standard InChI is InChI=1S/C13H17I2NO.ClH/c14-10-6-9(7-11(15)13(10)17)12(16)8-4-2-1-3-5-8;/h6-8,12,17H,1-5,16H2;1H/t12-;/m1./s1. The molecule has 0 aliphatic heterocycles. The van der Waals surface area contributed by atoms with Crippen molar-refractivity contribution in [1.29, 1.82) is 0 Å². The van der Waals surface area contributed by atoms with Gasteiger partial charge in [-0.05, 0) is 81.6 Å². The highest BCUT2D eigenvalue weighted by molar-refractivity contribution is 14.1. The zero-order valence-corrected chi connectivity index (χ0v) is 15.2. The van der Waals surface area contributed by atoms with E-state index in [9.17, 15) is 5.11 Å². The Morgan fingerprint density at radius 2 is 1.61 bits per heavy atom. The fourth-order valence-corrected chi connectivity index (χ4v) is 4.36. The first-order chi connectivity index (χ1) is 8.09. The fourth-order valence-electron chi connectivity index (χ4n) is 2.54. The lowest BCUT2D eigenvalue weighted by atomic mass is 9.81. The summed E-state index contributed by atoms with van der Waals surface area (Å²) in [6, 6.07) is 4.17. The van der Waals surface area contributed by atoms with Gasteiger partial charge in [-0.3, -0.25) is 0 Å². The van der Waals surface area contributed by atoms with E-state index in [1.807, 2.05) is 12.1 Å². The van der Waals surface area contributed by atoms with E-state index in [1.165, 1.54) is 37.7 Å². The molecule has 1 atom stereocenters. The average molecular weight is 494 g/mol. The number of hydrogen-bond donors (Lipinski definition) is 2. The minimum Gasteiger partial charge on any atom is -0.506 e. The molecule has 3 N–H and O–H groups in total. The third-order valence-corrected chi connectivity index (χ3v) is 5.23. The molecule has 0 heterocycles. The normalized spacial score (nSPS) is 18.2. The lowest BCUT2D eigenvalue weighted by molar-refractivity contribution is 0.308. The van der Waals surface area contributed by atoms with E-state index in [2.05, 4.69) is 45.2 Å². The van der Waals surface area contributed by atoms with Crippen molar-refractivity contribution in [3.05, 3.63) is 24.8 Å². The van der Waals surface area contributed by atoms with Crippen LogP contribution in [0.3, 0.4) is 0 Å². The van der Waals surface area contributed by atoms with Crippen LogP contribution < -0.4 is 5.73 Å². The summed E-state index contributed by atoms with van der Waals surface area (Å²) in [6.45, 7) is 0. The van der Waals surface area contributed by atoms with E-state index in [-0.39, 0.29) is 18.4 Å². The molecule has 1 aromatic rings. The van der Waals surface area contributed by atoms with Gasteiger partial charge in [-0.1, -0.05) is 19.3 Å². The first-order valence-corrected chi connectivity index (χ1v) is 8.19. The summed E-state index contributed by atoms with van der Waals surface area (Å²) in [5.41, 5.74) is 7.54. The highest BCUT2D eigenvalue weighted by Crippen LogP contribution is 2.36. The Bertz CT molecular complexity index is 385. The van der Waals surface area contributed by atoms with Gasteiger partial charge in [0.25, 0.3) is 0 Å². The van der Waals surface area contributed by atoms with Crippen LogP contribution in [0.5, 0.6) is 5.75 Å². The summed E-state index contributed by atoms with van der Waals surface area (Å²) in [5, 5.41) is 9.77. The van der Waals surface area contributed by atoms with Crippen molar-refractivity contribution in [3.63, 3.8) is 0 Å². The van der Waals surface area contributed by atoms with Crippen molar-refractivity contribution in [3.8, 4) is 5.75 Å². The molecule has 102 valence electrons. The third kappa shape index (κ3) is 3.86. The number of hydrogen-bond acceptors (Lipinski definition) is 2. The lowest BCUT2D eigenvalue weighted by Crippen LogP contribution is -2.23. The lowest BCUT2D eigenvalue weighted by Gasteiger charge is -2.28. The second-order valence-electron chi connectivity index (χ2n) is 4.76. The molecule has 0 saturated heterocycles. The summed E-state index contributed by atoms with van der Waals surface area (Å²) < 4.78 is 1.80. The average Bonchev–Trinajstić information content (AvgIpc) is 2.35. The molecule has 2 nitrogen and oxygen atoms in total. The molecule has 0 aromatic heterocycles. The van der Waals surface area contributed by atoms with Crippen LogP contribution in [0.25, 0.3) is 0 Å². The van der Waals surface area contributed by atoms with E-state index in [4.69, 9.17) is 5.73 Å². The number of rotatable bonds is 2. The zero-order chi connectivity index (χ0) is 12.4. The van der Waals surface area contributed by atoms with Crippen LogP contribution in [0, 0.1) is 13.1 Å². The molecule has 1 aromatic carbocycles. The van der Waals surface area contributed by atoms with Gasteiger partial charge in [0.2, 0.25) is 0 Å². The van der Waals surface area contributed by atoms with Crippen LogP contribution in [0.2, 0.25) is 0 Å². The zero-order valence-electron chi connectivity index (χ0n) is 10.0. The number of nitrogens with two attached hydrogens (primary N) is 1. The van der Waals surface area contributed by atoms with Crippen LogP contribution >= 0.6 is 57.6 Å². The Morgan fingerprint density at radius 1 is 1.11 bits per heavy atom. The fraction of sp³-hybridized carbons (Fsp3) is 0.538. The van der Waals surface area contributed by atoms with Crippen molar-refractivity contribution in [1.82, 2.24) is 0 Å². The first-order valence-electron chi connectivity index (χ1n) is 6.03. The Morgan fingerprint density at radius 3 is 2.11 bits per heavy atom. The molecule has 1 saturated carbocycles. The van der Waals surface area contributed by atoms with Crippen molar-refractivity contribution < 1.29 is 5.11 Å². The summed E-state index contributed by atoms with van der Waals surface area (Å²) in [7, 11) is 0. The predicted molar refractivity (Wildman–Crippen MR) is 94.3 cm³/mol. The van der Waals surface area contributed by atoms with E-state index in [1.54, 1.807) is 0 Å². The van der Waals surface area contributed by atoms with Crippen molar-refractivity contribution in [2.75, 3.05) is 0 Å². The molecule has 18 heavy (non-hydrogen) atoms. The highest BCUT2D eigenvalue weighted by Gasteiger charge is 2.22. The van der Waals surface area contributed by atoms with Gasteiger partial charge in [0.15, 0.2) is 0 Å². The highest BCUT2D eigenvalue weighted by atomic mass is 127. The van der Waals surface area contributed by atoms with Crippen molar-refractivity contribution in [2.45, 2.75) is 38.1 Å². The number of benzene rings is 1. The van der Waals surface area contributed by atoms with Crippen LogP contribution in [-0.2, 0) is 0 Å². The summed E-state index contributed by atoms with van der Waals surface area (Å²) in [6.07, 6.45) is 6.47. The van der Waals surface area contributed by atoms with Gasteiger partial charge in [0.05, 0.1) is 7.14 Å². The molecule has 5 heteroatoms. The molecular weight excluding hydrogens is 475 g/mol. The van der Waals surface area contributed by atoms with Crippen LogP contribution in [0.1, 0.15) is 43.7 Å². The maximum Gasteiger partial charge on any atom is 0.142 e. The minimum absolute atomic E-state index is 0. The Labute approximate surface area is 142 Å². The largest absolute Gasteiger partial charge is 0.506 e. The maximum absolute atomic E-state index is 9.77. The molecule has 2 rings (SSSR count). The SMILES string of the molecule is Cl.N[C@@H](c1cc(I)c(O)c(I)c1)C1CCCCC1. The second kappa shape index (κ2) is 7.50. The Balaban J connectivity index is 0.00000162. The van der Waals surface area contributed by atoms with E-state index in [0.29, 0.717) is 11.7 Å². The maximum atomic E-state index is 9.77. The molecule has 0 unspecified atom stereocenters. The quantitative estimate of drug-likeness (QED) is 0.592. The van der Waals surface area contributed by atoms with Gasteiger partial charge < -0.3 is 10.8 Å². The van der Waals surface area contributed by atoms with Crippen LogP contribution in [0.15, 0.2) is 12.1 Å². The van der Waals surface area contributed by atoms with Crippen molar-refractivity contribution in [2.24, 2.45) is 11.7 Å². The minimum atomic E-state index is 0. The van der Waals surface area contributed by atoms with Gasteiger partial charge in [0.1, 0.15) is 5.75 Å². The Kier molecular flexibility index (Phi) is 6.99. The molecule has 0 spiro atoms. The van der Waals surface area contributed by atoms with E-state index in [0.717, 1.165) is 7.14 Å². The molecule has 1 aliphatic rings. The van der Waals surface area contributed by atoms with Gasteiger partial charge in [0, 0.05) is 6.04 Å². The number of phenols is 1. The van der Waals surface area contributed by atoms with Gasteiger partial charge in [-0.25, -0.2) is 0 Å². The van der Waals surface area contributed by atoms with Gasteiger partial charge >= 0.3 is 0 Å². The van der Waals surface area contributed by atoms with E-state index >= 15 is 0 Å². The summed E-state index contributed by atoms with van der Waals surface area (Å²) >= 11 is 4.34. The van der Waals surface area contributed by atoms with Crippen molar-refractivity contribution >= 4 is 57.6 Å². The van der Waals surface area contributed by atoms with E-state index < -0.39 is 0 Å². The molecule has 1 fully saturated rings. The third-order valence-electron chi connectivity index (χ3n) is 3.58. The number of phenolic OH excluding ortho intramolecular Hbond substituents is 1. The second-order valence-corrected chi connectivity index (χ2v) is 7.08. The molecule has 0 bridgehead atoms. The Hall–Kier alpha value is 0.730. The summed E-state index contributed by atoms with van der Waals surface area (Å²) in [4.78, 5) is 0. The monoisotopic (exact) mass is 493 g/mol. The van der Waals surface area contributed by atoms with Crippen LogP contribution in [0.4, 0.5) is 0 Å². The number of halogens is 3. The number of aromatic hydroxyl groups is 1. The summed E-state index contributed by atoms with van der Waals surface area (Å²) in [5.74, 6) is 0.991. The molecule has 0 radical (unpaired) electrons. The first kappa shape index (κ1) is 16.8.